The van der Waals surface area contributed by atoms with Crippen LogP contribution in [-0.2, 0) is 14.0 Å². The van der Waals surface area contributed by atoms with Crippen molar-refractivity contribution in [1.82, 2.24) is 0 Å². The maximum absolute atomic E-state index is 11.7. The van der Waals surface area contributed by atoms with Gasteiger partial charge >= 0.3 is 5.97 Å². The van der Waals surface area contributed by atoms with E-state index in [2.05, 4.69) is 106 Å². The summed E-state index contributed by atoms with van der Waals surface area (Å²) in [5.74, 6) is -0.242. The summed E-state index contributed by atoms with van der Waals surface area (Å²) in [6.45, 7) is 8.76. The van der Waals surface area contributed by atoms with Crippen molar-refractivity contribution in [3.05, 3.63) is 91.0 Å². The Morgan fingerprint density at radius 1 is 0.914 bits per heavy atom. The van der Waals surface area contributed by atoms with Crippen molar-refractivity contribution in [2.24, 2.45) is 0 Å². The van der Waals surface area contributed by atoms with Crippen LogP contribution in [0.3, 0.4) is 0 Å². The zero-order chi connectivity index (χ0) is 24.9. The molecule has 0 spiro atoms. The molecule has 3 aromatic rings. The number of rotatable bonds is 8. The third-order valence-corrected chi connectivity index (χ3v) is 14.3. The number of benzene rings is 3. The first-order valence-electron chi connectivity index (χ1n) is 12.1. The molecular weight excluding hydrogens is 489 g/mol. The summed E-state index contributed by atoms with van der Waals surface area (Å²) >= 11 is 3.76. The number of carbonyl (C=O) groups is 1. The smallest absolute Gasteiger partial charge is 0.302 e. The fraction of sp³-hybridized carbons (Fsp3) is 0.345. The highest BCUT2D eigenvalue weighted by Crippen LogP contribution is 2.47. The normalized spacial score (nSPS) is 20.5. The topological polar surface area (TPSA) is 35.5 Å². The average Bonchev–Trinajstić information content (AvgIpc) is 3.23. The Kier molecular flexibility index (Phi) is 8.48. The Bertz CT molecular complexity index is 1050. The van der Waals surface area contributed by atoms with Gasteiger partial charge in [0.25, 0.3) is 8.32 Å². The molecule has 0 aliphatic carbocycles. The number of thioether (sulfide) groups is 2. The van der Waals surface area contributed by atoms with Crippen molar-refractivity contribution >= 4 is 48.2 Å². The van der Waals surface area contributed by atoms with Gasteiger partial charge in [-0.2, -0.15) is 0 Å². The van der Waals surface area contributed by atoms with E-state index in [0.717, 1.165) is 6.42 Å². The molecule has 3 aromatic carbocycles. The van der Waals surface area contributed by atoms with Crippen molar-refractivity contribution in [1.29, 1.82) is 0 Å². The van der Waals surface area contributed by atoms with Crippen LogP contribution in [0.1, 0.15) is 34.1 Å². The molecule has 1 aliphatic heterocycles. The molecule has 6 heteroatoms. The molecule has 1 heterocycles. The lowest BCUT2D eigenvalue weighted by atomic mass is 10.2. The molecule has 3 atom stereocenters. The maximum atomic E-state index is 11.7. The number of carbonyl (C=O) groups excluding carboxylic acids is 1. The van der Waals surface area contributed by atoms with E-state index < -0.39 is 8.32 Å². The highest BCUT2D eigenvalue weighted by Gasteiger charge is 2.53. The molecule has 0 saturated carbocycles. The summed E-state index contributed by atoms with van der Waals surface area (Å²) in [5.41, 5.74) is 0. The van der Waals surface area contributed by atoms with E-state index in [9.17, 15) is 4.79 Å². The van der Waals surface area contributed by atoms with E-state index in [1.165, 1.54) is 22.2 Å². The van der Waals surface area contributed by atoms with Gasteiger partial charge in [0, 0.05) is 11.8 Å². The van der Waals surface area contributed by atoms with Gasteiger partial charge < -0.3 is 9.16 Å². The van der Waals surface area contributed by atoms with E-state index >= 15 is 0 Å². The predicted octanol–water partition coefficient (Wildman–Crippen LogP) is 6.12. The fourth-order valence-corrected chi connectivity index (χ4v) is 12.7. The first-order valence-corrected chi connectivity index (χ1v) is 15.8. The summed E-state index contributed by atoms with van der Waals surface area (Å²) < 4.78 is 13.3. The van der Waals surface area contributed by atoms with Crippen molar-refractivity contribution in [2.75, 3.05) is 6.61 Å². The Labute approximate surface area is 219 Å². The fourth-order valence-electron chi connectivity index (χ4n) is 4.79. The summed E-state index contributed by atoms with van der Waals surface area (Å²) in [5, 5.41) is 2.53. The van der Waals surface area contributed by atoms with Crippen LogP contribution < -0.4 is 10.4 Å². The van der Waals surface area contributed by atoms with Crippen molar-refractivity contribution in [3.8, 4) is 0 Å². The van der Waals surface area contributed by atoms with Gasteiger partial charge in [-0.15, -0.1) is 23.5 Å². The first kappa shape index (κ1) is 26.1. The van der Waals surface area contributed by atoms with Gasteiger partial charge in [-0.25, -0.2) is 0 Å². The molecule has 0 aromatic heterocycles. The second-order valence-electron chi connectivity index (χ2n) is 9.89. The van der Waals surface area contributed by atoms with Gasteiger partial charge in [0.15, 0.2) is 0 Å². The first-order chi connectivity index (χ1) is 16.8. The monoisotopic (exact) mass is 522 g/mol. The molecular formula is C29H34O3S2Si. The Balaban J connectivity index is 1.72. The Morgan fingerprint density at radius 2 is 1.43 bits per heavy atom. The van der Waals surface area contributed by atoms with Gasteiger partial charge in [0.1, 0.15) is 6.61 Å². The molecule has 0 N–H and O–H groups in total. The molecule has 1 fully saturated rings. The molecule has 3 nitrogen and oxygen atoms in total. The van der Waals surface area contributed by atoms with Gasteiger partial charge in [-0.3, -0.25) is 4.79 Å². The zero-order valence-electron chi connectivity index (χ0n) is 20.8. The second-order valence-corrected chi connectivity index (χ2v) is 17.2. The van der Waals surface area contributed by atoms with E-state index in [-0.39, 0.29) is 22.4 Å². The standard InChI is InChI=1S/C29H34O3S2Si/c1-22(30)31-21-27-26(20-28(34-27)33-23-14-8-5-9-15-23)32-35(29(2,3)4,24-16-10-6-11-17-24)25-18-12-7-13-19-25/h5-19,26-28H,20-21H2,1-4H3/t26-,27+,28?/m0/s1. The third-order valence-electron chi connectivity index (χ3n) is 6.37. The molecule has 4 rings (SSSR count). The highest BCUT2D eigenvalue weighted by molar-refractivity contribution is 8.17. The largest absolute Gasteiger partial charge is 0.465 e. The number of esters is 1. The number of ether oxygens (including phenoxy) is 1. The third kappa shape index (κ3) is 6.05. The van der Waals surface area contributed by atoms with Crippen LogP contribution in [0, 0.1) is 0 Å². The SMILES string of the molecule is CC(=O)OC[C@H]1SC(Sc2ccccc2)C[C@@H]1O[Si](c1ccccc1)(c1ccccc1)C(C)(C)C. The predicted molar refractivity (Wildman–Crippen MR) is 151 cm³/mol. The van der Waals surface area contributed by atoms with E-state index in [4.69, 9.17) is 9.16 Å². The van der Waals surface area contributed by atoms with Gasteiger partial charge in [0.05, 0.1) is 15.9 Å². The van der Waals surface area contributed by atoms with Gasteiger partial charge in [0.2, 0.25) is 0 Å². The Hall–Kier alpha value is -1.99. The molecule has 35 heavy (non-hydrogen) atoms. The lowest BCUT2D eigenvalue weighted by Gasteiger charge is -2.45. The summed E-state index contributed by atoms with van der Waals surface area (Å²) in [6.07, 6.45) is 0.882. The molecule has 184 valence electrons. The Morgan fingerprint density at radius 3 is 1.91 bits per heavy atom. The molecule has 1 aliphatic rings. The van der Waals surface area contributed by atoms with Crippen molar-refractivity contribution < 1.29 is 14.0 Å². The van der Waals surface area contributed by atoms with Crippen LogP contribution in [0.15, 0.2) is 95.9 Å². The van der Waals surface area contributed by atoms with Crippen LogP contribution in [0.25, 0.3) is 0 Å². The summed E-state index contributed by atoms with van der Waals surface area (Å²) in [6, 6.07) is 32.0. The zero-order valence-corrected chi connectivity index (χ0v) is 23.5. The van der Waals surface area contributed by atoms with Gasteiger partial charge in [-0.1, -0.05) is 99.6 Å². The van der Waals surface area contributed by atoms with Crippen LogP contribution in [-0.4, -0.2) is 36.8 Å². The summed E-state index contributed by atoms with van der Waals surface area (Å²) in [4.78, 5) is 13.0. The quantitative estimate of drug-likeness (QED) is 0.263. The average molecular weight is 523 g/mol. The van der Waals surface area contributed by atoms with Gasteiger partial charge in [-0.05, 0) is 34.0 Å². The van der Waals surface area contributed by atoms with Crippen molar-refractivity contribution in [2.45, 2.75) is 60.0 Å². The lowest BCUT2D eigenvalue weighted by molar-refractivity contribution is -0.141. The molecule has 0 radical (unpaired) electrons. The number of hydrogen-bond acceptors (Lipinski definition) is 5. The van der Waals surface area contributed by atoms with E-state index in [1.54, 1.807) is 0 Å². The second kappa shape index (κ2) is 11.4. The molecule has 1 saturated heterocycles. The van der Waals surface area contributed by atoms with Crippen LogP contribution in [0.2, 0.25) is 5.04 Å². The van der Waals surface area contributed by atoms with Crippen LogP contribution >= 0.6 is 23.5 Å². The summed E-state index contributed by atoms with van der Waals surface area (Å²) in [7, 11) is -2.70. The maximum Gasteiger partial charge on any atom is 0.302 e. The molecule has 0 amide bonds. The molecule has 0 bridgehead atoms. The van der Waals surface area contributed by atoms with E-state index in [0.29, 0.717) is 11.2 Å². The van der Waals surface area contributed by atoms with Crippen LogP contribution in [0.5, 0.6) is 0 Å². The van der Waals surface area contributed by atoms with Crippen LogP contribution in [0.4, 0.5) is 0 Å². The minimum absolute atomic E-state index is 0.0214. The van der Waals surface area contributed by atoms with E-state index in [1.807, 2.05) is 29.6 Å². The highest BCUT2D eigenvalue weighted by atomic mass is 32.2. The number of hydrogen-bond donors (Lipinski definition) is 0. The minimum atomic E-state index is -2.70. The lowest BCUT2D eigenvalue weighted by Crippen LogP contribution is -2.68. The van der Waals surface area contributed by atoms with Crippen molar-refractivity contribution in [3.63, 3.8) is 0 Å². The minimum Gasteiger partial charge on any atom is -0.465 e. The molecule has 1 unspecified atom stereocenters.